The molecule has 0 spiro atoms. The smallest absolute Gasteiger partial charge is 0.342 e. The van der Waals surface area contributed by atoms with Gasteiger partial charge in [-0.25, -0.2) is 0 Å². The minimum Gasteiger partial charge on any atom is -0.480 e. The minimum atomic E-state index is -4.56. The van der Waals surface area contributed by atoms with Crippen molar-refractivity contribution in [3.8, 4) is 0 Å². The van der Waals surface area contributed by atoms with Gasteiger partial charge in [0.05, 0.1) is 0 Å². The molecule has 1 aliphatic carbocycles. The van der Waals surface area contributed by atoms with E-state index in [9.17, 15) is 9.36 Å². The molecule has 6 heteroatoms. The van der Waals surface area contributed by atoms with Gasteiger partial charge in [-0.1, -0.05) is 6.42 Å². The van der Waals surface area contributed by atoms with Crippen molar-refractivity contribution in [3.05, 3.63) is 0 Å². The van der Waals surface area contributed by atoms with Gasteiger partial charge < -0.3 is 14.9 Å². The van der Waals surface area contributed by atoms with Gasteiger partial charge in [0, 0.05) is 0 Å². The molecule has 5 nitrogen and oxygen atoms in total. The molecular weight excluding hydrogens is 195 g/mol. The van der Waals surface area contributed by atoms with Crippen LogP contribution in [0.1, 0.15) is 26.2 Å². The fraction of sp³-hybridized carbons (Fsp3) is 0.857. The molecule has 76 valence electrons. The third kappa shape index (κ3) is 1.52. The number of aliphatic carboxylic acids is 1. The summed E-state index contributed by atoms with van der Waals surface area (Å²) in [5, 5.41) is 6.93. The van der Waals surface area contributed by atoms with Crippen molar-refractivity contribution >= 4 is 13.6 Å². The third-order valence-corrected chi connectivity index (χ3v) is 4.70. The SMILES string of the molecule is CC(C(=O)O)(C1CCC1)P(=O)(O)O. The fourth-order valence-electron chi connectivity index (χ4n) is 1.51. The van der Waals surface area contributed by atoms with Gasteiger partial charge in [-0.15, -0.1) is 0 Å². The first-order valence-corrected chi connectivity index (χ1v) is 5.70. The van der Waals surface area contributed by atoms with Crippen molar-refractivity contribution in [2.24, 2.45) is 5.92 Å². The van der Waals surface area contributed by atoms with Crippen LogP contribution in [0.4, 0.5) is 0 Å². The molecule has 3 N–H and O–H groups in total. The molecular formula is C7H13O5P. The standard InChI is InChI=1S/C7H13O5P/c1-7(6(8)9,13(10,11)12)5-3-2-4-5/h5H,2-4H2,1H3,(H,8,9)(H2,10,11,12). The van der Waals surface area contributed by atoms with E-state index in [0.717, 1.165) is 13.3 Å². The Morgan fingerprint density at radius 1 is 1.46 bits per heavy atom. The first kappa shape index (κ1) is 10.7. The van der Waals surface area contributed by atoms with E-state index in [1.165, 1.54) is 0 Å². The highest BCUT2D eigenvalue weighted by Crippen LogP contribution is 2.59. The number of hydrogen-bond donors (Lipinski definition) is 3. The van der Waals surface area contributed by atoms with E-state index in [4.69, 9.17) is 14.9 Å². The van der Waals surface area contributed by atoms with Gasteiger partial charge in [0.15, 0.2) is 5.16 Å². The maximum atomic E-state index is 11.0. The maximum absolute atomic E-state index is 11.0. The zero-order chi connectivity index (χ0) is 10.3. The van der Waals surface area contributed by atoms with E-state index in [-0.39, 0.29) is 5.92 Å². The van der Waals surface area contributed by atoms with Crippen LogP contribution < -0.4 is 0 Å². The van der Waals surface area contributed by atoms with E-state index >= 15 is 0 Å². The lowest BCUT2D eigenvalue weighted by Crippen LogP contribution is -2.45. The van der Waals surface area contributed by atoms with Crippen LogP contribution in [0.25, 0.3) is 0 Å². The largest absolute Gasteiger partial charge is 0.480 e. The molecule has 1 atom stereocenters. The second kappa shape index (κ2) is 3.08. The number of rotatable bonds is 3. The van der Waals surface area contributed by atoms with Gasteiger partial charge in [-0.05, 0) is 25.7 Å². The second-order valence-corrected chi connectivity index (χ2v) is 5.64. The highest BCUT2D eigenvalue weighted by Gasteiger charge is 2.56. The molecule has 0 bridgehead atoms. The highest BCUT2D eigenvalue weighted by atomic mass is 31.2. The van der Waals surface area contributed by atoms with Crippen LogP contribution in [0.3, 0.4) is 0 Å². The predicted octanol–water partition coefficient (Wildman–Crippen LogP) is 0.807. The summed E-state index contributed by atoms with van der Waals surface area (Å²) in [5.41, 5.74) is 0. The van der Waals surface area contributed by atoms with Crippen LogP contribution in [0.15, 0.2) is 0 Å². The lowest BCUT2D eigenvalue weighted by atomic mass is 9.76. The summed E-state index contributed by atoms with van der Waals surface area (Å²) in [6.45, 7) is 1.14. The van der Waals surface area contributed by atoms with Crippen LogP contribution >= 0.6 is 7.60 Å². The molecule has 0 aromatic rings. The summed E-state index contributed by atoms with van der Waals surface area (Å²) in [6, 6.07) is 0. The summed E-state index contributed by atoms with van der Waals surface area (Å²) in [5.74, 6) is -1.78. The Balaban J connectivity index is 3.00. The van der Waals surface area contributed by atoms with Crippen molar-refractivity contribution in [2.75, 3.05) is 0 Å². The van der Waals surface area contributed by atoms with Crippen molar-refractivity contribution in [1.82, 2.24) is 0 Å². The van der Waals surface area contributed by atoms with E-state index in [1.807, 2.05) is 0 Å². The molecule has 1 aliphatic rings. The van der Waals surface area contributed by atoms with Crippen LogP contribution in [-0.4, -0.2) is 26.0 Å². The molecule has 0 aliphatic heterocycles. The summed E-state index contributed by atoms with van der Waals surface area (Å²) in [4.78, 5) is 28.8. The molecule has 0 radical (unpaired) electrons. The molecule has 13 heavy (non-hydrogen) atoms. The summed E-state index contributed by atoms with van der Waals surface area (Å²) in [7, 11) is -4.56. The second-order valence-electron chi connectivity index (χ2n) is 3.62. The first-order chi connectivity index (χ1) is 5.80. The molecule has 0 aromatic carbocycles. The monoisotopic (exact) mass is 208 g/mol. The van der Waals surface area contributed by atoms with Crippen LogP contribution in [0.5, 0.6) is 0 Å². The molecule has 1 fully saturated rings. The predicted molar refractivity (Wildman–Crippen MR) is 45.4 cm³/mol. The Bertz CT molecular complexity index is 266. The number of carboxylic acids is 1. The summed E-state index contributed by atoms with van der Waals surface area (Å²) in [6.07, 6.45) is 2.04. The molecule has 0 heterocycles. The first-order valence-electron chi connectivity index (χ1n) is 4.09. The number of carboxylic acid groups (broad SMARTS) is 1. The number of hydrogen-bond acceptors (Lipinski definition) is 2. The number of carbonyl (C=O) groups is 1. The van der Waals surface area contributed by atoms with Crippen molar-refractivity contribution in [3.63, 3.8) is 0 Å². The van der Waals surface area contributed by atoms with Crippen LogP contribution in [0.2, 0.25) is 0 Å². The van der Waals surface area contributed by atoms with Crippen molar-refractivity contribution in [2.45, 2.75) is 31.3 Å². The molecule has 0 saturated heterocycles. The van der Waals surface area contributed by atoms with Crippen molar-refractivity contribution in [1.29, 1.82) is 0 Å². The quantitative estimate of drug-likeness (QED) is 0.596. The summed E-state index contributed by atoms with van der Waals surface area (Å²) < 4.78 is 11.0. The third-order valence-electron chi connectivity index (χ3n) is 2.94. The Morgan fingerprint density at radius 3 is 2.00 bits per heavy atom. The Labute approximate surface area is 75.9 Å². The van der Waals surface area contributed by atoms with Gasteiger partial charge in [-0.2, -0.15) is 0 Å². The Hall–Kier alpha value is -0.380. The van der Waals surface area contributed by atoms with E-state index in [2.05, 4.69) is 0 Å². The highest BCUT2D eigenvalue weighted by molar-refractivity contribution is 7.54. The Morgan fingerprint density at radius 2 is 1.92 bits per heavy atom. The average Bonchev–Trinajstić information content (AvgIpc) is 1.79. The lowest BCUT2D eigenvalue weighted by molar-refractivity contribution is -0.142. The zero-order valence-corrected chi connectivity index (χ0v) is 8.20. The van der Waals surface area contributed by atoms with Gasteiger partial charge in [0.25, 0.3) is 0 Å². The zero-order valence-electron chi connectivity index (χ0n) is 7.30. The van der Waals surface area contributed by atoms with E-state index < -0.39 is 18.7 Å². The molecule has 0 amide bonds. The van der Waals surface area contributed by atoms with E-state index in [1.54, 1.807) is 0 Å². The van der Waals surface area contributed by atoms with Gasteiger partial charge in [0.1, 0.15) is 0 Å². The van der Waals surface area contributed by atoms with Gasteiger partial charge in [-0.3, -0.25) is 9.36 Å². The molecule has 0 aromatic heterocycles. The maximum Gasteiger partial charge on any atom is 0.342 e. The molecule has 1 rings (SSSR count). The van der Waals surface area contributed by atoms with Crippen molar-refractivity contribution < 1.29 is 24.3 Å². The summed E-state index contributed by atoms with van der Waals surface area (Å²) >= 11 is 0. The topological polar surface area (TPSA) is 94.8 Å². The van der Waals surface area contributed by atoms with Crippen LogP contribution in [-0.2, 0) is 9.36 Å². The fourth-order valence-corrected chi connectivity index (χ4v) is 2.49. The van der Waals surface area contributed by atoms with Gasteiger partial charge in [0.2, 0.25) is 0 Å². The van der Waals surface area contributed by atoms with Gasteiger partial charge >= 0.3 is 13.6 Å². The molecule has 1 saturated carbocycles. The van der Waals surface area contributed by atoms with E-state index in [0.29, 0.717) is 12.8 Å². The van der Waals surface area contributed by atoms with Crippen LogP contribution in [0, 0.1) is 5.92 Å². The normalized spacial score (nSPS) is 23.3. The average molecular weight is 208 g/mol. The molecule has 1 unspecified atom stereocenters. The Kier molecular flexibility index (Phi) is 2.54. The lowest BCUT2D eigenvalue weighted by Gasteiger charge is -2.39. The minimum absolute atomic E-state index is 0.383.